The number of amides is 4. The number of carbonyl (C=O) groups is 4. The number of fused-ring (bicyclic) bond motifs is 6. The number of likely N-dealkylation sites (tertiary alicyclic amines) is 2. The van der Waals surface area contributed by atoms with Gasteiger partial charge in [0.05, 0.1) is 61.4 Å². The van der Waals surface area contributed by atoms with Gasteiger partial charge in [0, 0.05) is 29.5 Å². The molecule has 3 unspecified atom stereocenters. The highest BCUT2D eigenvalue weighted by Crippen LogP contribution is 2.44. The summed E-state index contributed by atoms with van der Waals surface area (Å²) < 4.78 is 21.3. The Hall–Kier alpha value is -6.16. The topological polar surface area (TPSA) is 207 Å². The Morgan fingerprint density at radius 2 is 1.58 bits per heavy atom. The van der Waals surface area contributed by atoms with Crippen molar-refractivity contribution in [2.24, 2.45) is 17.6 Å². The maximum Gasteiger partial charge on any atom is 0.407 e. The molecular weight excluding hydrogens is 841 g/mol. The zero-order valence-electron chi connectivity index (χ0n) is 39.3. The number of hydrogen-bond acceptors (Lipinski definition) is 10. The molecule has 6 heterocycles. The Kier molecular flexibility index (Phi) is 13.6. The van der Waals surface area contributed by atoms with Crippen LogP contribution in [0.2, 0.25) is 0 Å². The zero-order valence-corrected chi connectivity index (χ0v) is 39.3. The average molecular weight is 905 g/mol. The quantitative estimate of drug-likeness (QED) is 0.111. The molecule has 2 aromatic heterocycles. The molecule has 9 atom stereocenters. The Morgan fingerprint density at radius 3 is 2.26 bits per heavy atom. The van der Waals surface area contributed by atoms with Gasteiger partial charge in [0.2, 0.25) is 11.8 Å². The summed E-state index contributed by atoms with van der Waals surface area (Å²) in [7, 11) is 2.55. The summed E-state index contributed by atoms with van der Waals surface area (Å²) in [5.74, 6) is 2.74. The van der Waals surface area contributed by atoms with Crippen molar-refractivity contribution in [1.29, 1.82) is 0 Å². The molecule has 5 N–H and O–H groups in total. The number of nitrogens with zero attached hydrogens (tertiary/aromatic N) is 4. The fourth-order valence-corrected chi connectivity index (χ4v) is 10.6. The van der Waals surface area contributed by atoms with Gasteiger partial charge in [0.25, 0.3) is 0 Å². The molecular formula is C50H64N8O8. The van der Waals surface area contributed by atoms with Gasteiger partial charge in [-0.25, -0.2) is 19.6 Å². The maximum atomic E-state index is 14.6. The predicted molar refractivity (Wildman–Crippen MR) is 250 cm³/mol. The lowest BCUT2D eigenvalue weighted by Crippen LogP contribution is -2.55. The largest absolute Gasteiger partial charge is 0.488 e. The first-order chi connectivity index (χ1) is 31.7. The Balaban J connectivity index is 0.00000112. The third-order valence-electron chi connectivity index (χ3n) is 14.1. The van der Waals surface area contributed by atoms with E-state index in [1.165, 1.54) is 14.2 Å². The van der Waals surface area contributed by atoms with Crippen LogP contribution in [-0.2, 0) is 30.4 Å². The smallest absolute Gasteiger partial charge is 0.407 e. The summed E-state index contributed by atoms with van der Waals surface area (Å²) in [6.07, 6.45) is 6.82. The zero-order chi connectivity index (χ0) is 47.0. The second-order valence-corrected chi connectivity index (χ2v) is 18.8. The molecule has 0 radical (unpaired) electrons. The van der Waals surface area contributed by atoms with E-state index in [1.807, 2.05) is 24.9 Å². The van der Waals surface area contributed by atoms with Crippen LogP contribution in [0, 0.1) is 11.8 Å². The minimum atomic E-state index is -0.745. The highest BCUT2D eigenvalue weighted by Gasteiger charge is 2.44. The summed E-state index contributed by atoms with van der Waals surface area (Å²) in [6.45, 7) is 12.9. The Labute approximate surface area is 385 Å². The molecule has 4 amide bonds. The van der Waals surface area contributed by atoms with Crippen molar-refractivity contribution in [3.8, 4) is 28.1 Å². The van der Waals surface area contributed by atoms with Crippen LogP contribution < -0.4 is 15.8 Å². The summed E-state index contributed by atoms with van der Waals surface area (Å²) in [6, 6.07) is 14.0. The van der Waals surface area contributed by atoms with Crippen LogP contribution in [0.4, 0.5) is 9.59 Å². The fourth-order valence-electron chi connectivity index (χ4n) is 10.6. The minimum Gasteiger partial charge on any atom is -0.488 e. The predicted octanol–water partition coefficient (Wildman–Crippen LogP) is 8.85. The highest BCUT2D eigenvalue weighted by molar-refractivity contribution is 6.07. The SMILES string of the molecule is CCC(C)CC(=O)N1[C@@H](C)CC[C@H]1c1ncc(-c2ccc3c(c2)COc2cc4c(ccc5[nH]c([C@@H]6CC[C@H](C)N6C(=O)[C@@H](NC(=O)OC)C6CC(C)O[C@H](C)C6)nc54)cc2-3)[nH]1.COC(N)=O. The molecule has 3 fully saturated rings. The first-order valence-electron chi connectivity index (χ1n) is 23.4. The number of carbonyl (C=O) groups excluding carboxylic acids is 4. The molecule has 3 aromatic carbocycles. The van der Waals surface area contributed by atoms with E-state index >= 15 is 0 Å². The third kappa shape index (κ3) is 9.29. The van der Waals surface area contributed by atoms with E-state index in [0.29, 0.717) is 31.8 Å². The second-order valence-electron chi connectivity index (χ2n) is 18.8. The highest BCUT2D eigenvalue weighted by atomic mass is 16.5. The normalized spacial score (nSPS) is 24.4. The van der Waals surface area contributed by atoms with E-state index in [1.54, 1.807) is 0 Å². The molecule has 9 rings (SSSR count). The number of H-pyrrole nitrogens is 2. The molecule has 0 spiro atoms. The molecule has 4 aliphatic heterocycles. The molecule has 0 saturated carbocycles. The van der Waals surface area contributed by atoms with Crippen LogP contribution in [0.3, 0.4) is 0 Å². The third-order valence-corrected chi connectivity index (χ3v) is 14.1. The summed E-state index contributed by atoms with van der Waals surface area (Å²) in [4.78, 5) is 71.0. The van der Waals surface area contributed by atoms with Crippen molar-refractivity contribution >= 4 is 45.8 Å². The number of aromatic nitrogens is 4. The maximum absolute atomic E-state index is 14.6. The van der Waals surface area contributed by atoms with Gasteiger partial charge in [-0.3, -0.25) is 9.59 Å². The molecule has 0 aliphatic carbocycles. The van der Waals surface area contributed by atoms with E-state index < -0.39 is 18.2 Å². The van der Waals surface area contributed by atoms with Crippen LogP contribution in [-0.4, -0.2) is 98.3 Å². The van der Waals surface area contributed by atoms with Gasteiger partial charge in [-0.05, 0) is 124 Å². The van der Waals surface area contributed by atoms with E-state index in [2.05, 4.69) is 101 Å². The van der Waals surface area contributed by atoms with Crippen LogP contribution in [0.1, 0.15) is 122 Å². The Morgan fingerprint density at radius 1 is 0.879 bits per heavy atom. The summed E-state index contributed by atoms with van der Waals surface area (Å²) in [5, 5.41) is 4.91. The number of benzene rings is 3. The number of methoxy groups -OCH3 is 2. The number of ether oxygens (including phenoxy) is 4. The van der Waals surface area contributed by atoms with Crippen molar-refractivity contribution in [3.05, 3.63) is 65.9 Å². The number of alkyl carbamates (subject to hydrolysis) is 1. The van der Waals surface area contributed by atoms with E-state index in [0.717, 1.165) is 99.3 Å². The number of primary amides is 1. The number of nitrogens with one attached hydrogen (secondary N) is 3. The minimum absolute atomic E-state index is 0.0219. The number of aromatic amines is 2. The molecule has 66 heavy (non-hydrogen) atoms. The van der Waals surface area contributed by atoms with Gasteiger partial charge in [0.15, 0.2) is 0 Å². The lowest BCUT2D eigenvalue weighted by atomic mass is 9.85. The average Bonchev–Trinajstić information content (AvgIpc) is 4.12. The Bertz CT molecular complexity index is 2600. The van der Waals surface area contributed by atoms with Gasteiger partial charge in [-0.15, -0.1) is 0 Å². The van der Waals surface area contributed by atoms with Gasteiger partial charge < -0.3 is 49.8 Å². The van der Waals surface area contributed by atoms with E-state index in [9.17, 15) is 19.2 Å². The standard InChI is InChI=1S/C48H59N7O6.C2H5NO2/c1-8-25(2)17-42(56)54-26(3)9-15-39(54)45-49-23-38(51-45)31-11-13-34-33(20-31)24-60-41-22-35-30(21-36(34)41)12-14-37-44(35)52-46(50-37)40-16-10-27(4)55(40)47(57)43(53-48(58)59-7)32-18-28(5)61-29(6)19-32;1-5-2(3)4/h11-14,20-23,25-29,32,39-40,43H,8-10,15-19,24H2,1-7H3,(H,49,51)(H,50,52)(H,53,58);1H3,(H2,3,4)/t25?,26-,27-,28+,29?,32?,39-,40-,43-;/m0./s1. The van der Waals surface area contributed by atoms with Gasteiger partial charge in [-0.2, -0.15) is 0 Å². The van der Waals surface area contributed by atoms with Crippen molar-refractivity contribution in [1.82, 2.24) is 35.1 Å². The van der Waals surface area contributed by atoms with Crippen molar-refractivity contribution in [2.45, 2.75) is 142 Å². The molecule has 3 saturated heterocycles. The number of rotatable bonds is 9. The van der Waals surface area contributed by atoms with Crippen LogP contribution in [0.5, 0.6) is 5.75 Å². The number of imidazole rings is 2. The molecule has 0 bridgehead atoms. The second kappa shape index (κ2) is 19.4. The van der Waals surface area contributed by atoms with Crippen LogP contribution in [0.15, 0.2) is 48.7 Å². The molecule has 16 nitrogen and oxygen atoms in total. The molecule has 4 aliphatic rings. The van der Waals surface area contributed by atoms with Gasteiger partial charge >= 0.3 is 12.2 Å². The van der Waals surface area contributed by atoms with Gasteiger partial charge in [-0.1, -0.05) is 38.5 Å². The van der Waals surface area contributed by atoms with Crippen LogP contribution in [0.25, 0.3) is 44.2 Å². The van der Waals surface area contributed by atoms with Crippen molar-refractivity contribution < 1.29 is 38.1 Å². The molecule has 16 heteroatoms. The summed E-state index contributed by atoms with van der Waals surface area (Å²) >= 11 is 0. The van der Waals surface area contributed by atoms with E-state index in [-0.39, 0.29) is 54.1 Å². The van der Waals surface area contributed by atoms with Crippen LogP contribution >= 0.6 is 0 Å². The first-order valence-corrected chi connectivity index (χ1v) is 23.4. The summed E-state index contributed by atoms with van der Waals surface area (Å²) in [5.41, 5.74) is 11.3. The number of hydrogen-bond donors (Lipinski definition) is 4. The van der Waals surface area contributed by atoms with Gasteiger partial charge in [0.1, 0.15) is 30.0 Å². The van der Waals surface area contributed by atoms with Crippen molar-refractivity contribution in [3.63, 3.8) is 0 Å². The fraction of sp³-hybridized carbons (Fsp3) is 0.520. The first kappa shape index (κ1) is 46.4. The van der Waals surface area contributed by atoms with Crippen molar-refractivity contribution in [2.75, 3.05) is 14.2 Å². The monoisotopic (exact) mass is 904 g/mol. The molecule has 352 valence electrons. The number of nitrogens with two attached hydrogens (primary N) is 1. The van der Waals surface area contributed by atoms with E-state index in [4.69, 9.17) is 24.2 Å². The molecule has 5 aromatic rings. The lowest BCUT2D eigenvalue weighted by molar-refractivity contribution is -0.140. The lowest BCUT2D eigenvalue weighted by Gasteiger charge is -2.39.